The first kappa shape index (κ1) is 12.7. The van der Waals surface area contributed by atoms with Crippen LogP contribution in [0.1, 0.15) is 10.4 Å². The van der Waals surface area contributed by atoms with E-state index in [1.807, 2.05) is 23.1 Å². The normalized spacial score (nSPS) is 10.6. The molecule has 0 fully saturated rings. The lowest BCUT2D eigenvalue weighted by molar-refractivity contribution is 0.741. The van der Waals surface area contributed by atoms with Gasteiger partial charge in [-0.05, 0) is 30.5 Å². The van der Waals surface area contributed by atoms with Crippen molar-refractivity contribution in [3.63, 3.8) is 0 Å². The molecule has 1 heterocycles. The molecule has 2 rings (SSSR count). The van der Waals surface area contributed by atoms with E-state index in [4.69, 9.17) is 0 Å². The van der Waals surface area contributed by atoms with Crippen molar-refractivity contribution in [1.82, 2.24) is 5.32 Å². The van der Waals surface area contributed by atoms with Crippen LogP contribution in [0.3, 0.4) is 0 Å². The van der Waals surface area contributed by atoms with Crippen LogP contribution in [0.5, 0.6) is 0 Å². The minimum atomic E-state index is 0.992. The van der Waals surface area contributed by atoms with Crippen LogP contribution in [0.4, 0.5) is 0 Å². The Bertz CT molecular complexity index is 437. The number of benzene rings is 1. The maximum atomic E-state index is 3.46. The molecule has 17 heavy (non-hydrogen) atoms. The van der Waals surface area contributed by atoms with Crippen LogP contribution in [0.25, 0.3) is 0 Å². The van der Waals surface area contributed by atoms with E-state index in [0.717, 1.165) is 18.8 Å². The van der Waals surface area contributed by atoms with Crippen molar-refractivity contribution in [3.05, 3.63) is 52.2 Å². The fourth-order valence-electron chi connectivity index (χ4n) is 1.57. The Labute approximate surface area is 111 Å². The zero-order chi connectivity index (χ0) is 11.9. The van der Waals surface area contributed by atoms with Crippen LogP contribution in [-0.2, 0) is 6.54 Å². The molecule has 0 aliphatic carbocycles. The lowest BCUT2D eigenvalue weighted by atomic mass is 10.2. The van der Waals surface area contributed by atoms with E-state index in [9.17, 15) is 0 Å². The number of nitrogens with one attached hydrogen (secondary N) is 1. The molecule has 90 valence electrons. The number of aryl methyl sites for hydroxylation is 1. The minimum Gasteiger partial charge on any atom is -0.311 e. The van der Waals surface area contributed by atoms with Gasteiger partial charge in [0, 0.05) is 28.6 Å². The van der Waals surface area contributed by atoms with Crippen molar-refractivity contribution in [2.75, 3.05) is 12.3 Å². The summed E-state index contributed by atoms with van der Waals surface area (Å²) in [6.07, 6.45) is 0. The Morgan fingerprint density at radius 1 is 1.24 bits per heavy atom. The van der Waals surface area contributed by atoms with Gasteiger partial charge in [-0.2, -0.15) is 0 Å². The highest BCUT2D eigenvalue weighted by molar-refractivity contribution is 7.99. The molecule has 0 bridgehead atoms. The summed E-state index contributed by atoms with van der Waals surface area (Å²) in [5.41, 5.74) is 1.33. The predicted octanol–water partition coefficient (Wildman–Crippen LogP) is 3.94. The van der Waals surface area contributed by atoms with Gasteiger partial charge < -0.3 is 5.32 Å². The van der Waals surface area contributed by atoms with Crippen LogP contribution < -0.4 is 5.32 Å². The summed E-state index contributed by atoms with van der Waals surface area (Å²) in [6, 6.07) is 12.9. The summed E-state index contributed by atoms with van der Waals surface area (Å²) in [6.45, 7) is 4.18. The molecule has 1 N–H and O–H groups in total. The SMILES string of the molecule is Cc1cccc(SCCNCc2cccs2)c1. The summed E-state index contributed by atoms with van der Waals surface area (Å²) >= 11 is 3.72. The smallest absolute Gasteiger partial charge is 0.0300 e. The predicted molar refractivity (Wildman–Crippen MR) is 77.9 cm³/mol. The molecule has 0 spiro atoms. The molecular formula is C14H17NS2. The van der Waals surface area contributed by atoms with Gasteiger partial charge in [0.25, 0.3) is 0 Å². The van der Waals surface area contributed by atoms with Crippen LogP contribution in [0.2, 0.25) is 0 Å². The average molecular weight is 263 g/mol. The van der Waals surface area contributed by atoms with E-state index < -0.39 is 0 Å². The number of thiophene rings is 1. The maximum Gasteiger partial charge on any atom is 0.0300 e. The molecule has 0 radical (unpaired) electrons. The molecule has 0 saturated heterocycles. The number of rotatable bonds is 6. The molecule has 0 aliphatic rings. The van der Waals surface area contributed by atoms with E-state index in [2.05, 4.69) is 54.0 Å². The van der Waals surface area contributed by atoms with Crippen molar-refractivity contribution in [1.29, 1.82) is 0 Å². The highest BCUT2D eigenvalue weighted by atomic mass is 32.2. The molecule has 3 heteroatoms. The van der Waals surface area contributed by atoms with E-state index >= 15 is 0 Å². The van der Waals surface area contributed by atoms with Gasteiger partial charge in [0.1, 0.15) is 0 Å². The average Bonchev–Trinajstić information content (AvgIpc) is 2.82. The lowest BCUT2D eigenvalue weighted by Gasteiger charge is -2.04. The summed E-state index contributed by atoms with van der Waals surface area (Å²) in [4.78, 5) is 2.77. The van der Waals surface area contributed by atoms with Crippen molar-refractivity contribution >= 4 is 23.1 Å². The third kappa shape index (κ3) is 4.54. The molecule has 1 aromatic carbocycles. The van der Waals surface area contributed by atoms with Crippen LogP contribution in [0.15, 0.2) is 46.7 Å². The third-order valence-corrected chi connectivity index (χ3v) is 4.29. The standard InChI is InChI=1S/C14H17NS2/c1-12-4-2-5-13(10-12)17-9-7-15-11-14-6-3-8-16-14/h2-6,8,10,15H,7,9,11H2,1H3. The van der Waals surface area contributed by atoms with Crippen molar-refractivity contribution < 1.29 is 0 Å². The second-order valence-corrected chi connectivity index (χ2v) is 6.12. The zero-order valence-electron chi connectivity index (χ0n) is 9.98. The first-order chi connectivity index (χ1) is 8.34. The van der Waals surface area contributed by atoms with Crippen LogP contribution in [-0.4, -0.2) is 12.3 Å². The molecule has 2 aromatic rings. The molecule has 1 aromatic heterocycles. The van der Waals surface area contributed by atoms with Crippen molar-refractivity contribution in [2.45, 2.75) is 18.4 Å². The largest absolute Gasteiger partial charge is 0.311 e. The van der Waals surface area contributed by atoms with Crippen LogP contribution in [0, 0.1) is 6.92 Å². The fourth-order valence-corrected chi connectivity index (χ4v) is 3.17. The lowest BCUT2D eigenvalue weighted by Crippen LogP contribution is -2.15. The van der Waals surface area contributed by atoms with Crippen molar-refractivity contribution in [3.8, 4) is 0 Å². The second kappa shape index (κ2) is 6.84. The van der Waals surface area contributed by atoms with Gasteiger partial charge in [-0.15, -0.1) is 23.1 Å². The van der Waals surface area contributed by atoms with Gasteiger partial charge in [0.05, 0.1) is 0 Å². The fraction of sp³-hybridized carbons (Fsp3) is 0.286. The molecule has 0 saturated carbocycles. The van der Waals surface area contributed by atoms with E-state index in [-0.39, 0.29) is 0 Å². The third-order valence-electron chi connectivity index (χ3n) is 2.42. The Morgan fingerprint density at radius 2 is 2.18 bits per heavy atom. The number of thioether (sulfide) groups is 1. The maximum absolute atomic E-state index is 3.46. The van der Waals surface area contributed by atoms with Gasteiger partial charge in [0.15, 0.2) is 0 Å². The highest BCUT2D eigenvalue weighted by Crippen LogP contribution is 2.18. The Hall–Kier alpha value is -0.770. The molecule has 0 aliphatic heterocycles. The quantitative estimate of drug-likeness (QED) is 0.626. The number of hydrogen-bond donors (Lipinski definition) is 1. The highest BCUT2D eigenvalue weighted by Gasteiger charge is 1.95. The zero-order valence-corrected chi connectivity index (χ0v) is 11.6. The molecule has 0 unspecified atom stereocenters. The first-order valence-corrected chi connectivity index (χ1v) is 7.64. The van der Waals surface area contributed by atoms with E-state index in [1.165, 1.54) is 15.3 Å². The van der Waals surface area contributed by atoms with Crippen LogP contribution >= 0.6 is 23.1 Å². The Morgan fingerprint density at radius 3 is 2.94 bits per heavy atom. The summed E-state index contributed by atoms with van der Waals surface area (Å²) < 4.78 is 0. The molecule has 1 nitrogen and oxygen atoms in total. The minimum absolute atomic E-state index is 0.992. The number of hydrogen-bond acceptors (Lipinski definition) is 3. The summed E-state index contributed by atoms with van der Waals surface area (Å²) in [5.74, 6) is 1.12. The molecule has 0 amide bonds. The Kier molecular flexibility index (Phi) is 5.10. The van der Waals surface area contributed by atoms with E-state index in [0.29, 0.717) is 0 Å². The van der Waals surface area contributed by atoms with Gasteiger partial charge in [-0.25, -0.2) is 0 Å². The van der Waals surface area contributed by atoms with E-state index in [1.54, 1.807) is 0 Å². The summed E-state index contributed by atoms with van der Waals surface area (Å²) in [7, 11) is 0. The molecular weight excluding hydrogens is 246 g/mol. The Balaban J connectivity index is 1.63. The first-order valence-electron chi connectivity index (χ1n) is 5.77. The van der Waals surface area contributed by atoms with Gasteiger partial charge in [-0.3, -0.25) is 0 Å². The van der Waals surface area contributed by atoms with Gasteiger partial charge >= 0.3 is 0 Å². The monoisotopic (exact) mass is 263 g/mol. The van der Waals surface area contributed by atoms with Gasteiger partial charge in [-0.1, -0.05) is 23.8 Å². The van der Waals surface area contributed by atoms with Crippen molar-refractivity contribution in [2.24, 2.45) is 0 Å². The topological polar surface area (TPSA) is 12.0 Å². The second-order valence-electron chi connectivity index (χ2n) is 3.92. The molecule has 0 atom stereocenters. The summed E-state index contributed by atoms with van der Waals surface area (Å²) in [5, 5.41) is 5.59. The van der Waals surface area contributed by atoms with Gasteiger partial charge in [0.2, 0.25) is 0 Å².